The molecule has 0 spiro atoms. The molecule has 0 radical (unpaired) electrons. The van der Waals surface area contributed by atoms with Crippen molar-refractivity contribution in [1.82, 2.24) is 14.8 Å². The average Bonchev–Trinajstić information content (AvgIpc) is 2.98. The van der Waals surface area contributed by atoms with Crippen LogP contribution in [-0.4, -0.2) is 33.1 Å². The maximum absolute atomic E-state index is 8.76. The molecule has 23 heavy (non-hydrogen) atoms. The maximum atomic E-state index is 8.76. The van der Waals surface area contributed by atoms with Crippen LogP contribution < -0.4 is 4.74 Å². The summed E-state index contributed by atoms with van der Waals surface area (Å²) < 4.78 is 8.27. The molecule has 2 aromatic heterocycles. The monoisotopic (exact) mass is 373 g/mol. The minimum atomic E-state index is 0.136. The third-order valence-electron chi connectivity index (χ3n) is 3.30. The van der Waals surface area contributed by atoms with Gasteiger partial charge in [0.25, 0.3) is 0 Å². The molecule has 3 aromatic rings. The summed E-state index contributed by atoms with van der Waals surface area (Å²) in [6, 6.07) is 11.5. The van der Waals surface area contributed by atoms with Crippen LogP contribution in [0.3, 0.4) is 0 Å². The predicted octanol–water partition coefficient (Wildman–Crippen LogP) is 3.46. The zero-order valence-electron chi connectivity index (χ0n) is 12.4. The number of hydrogen-bond acceptors (Lipinski definition) is 4. The Morgan fingerprint density at radius 1 is 1.09 bits per heavy atom. The lowest BCUT2D eigenvalue weighted by Crippen LogP contribution is -2.00. The summed E-state index contributed by atoms with van der Waals surface area (Å²) >= 11 is 3.56. The Kier molecular flexibility index (Phi) is 5.05. The quantitative estimate of drug-likeness (QED) is 0.672. The fraction of sp³-hybridized carbons (Fsp3) is 0.176. The standard InChI is InChI=1S/C17H16BrN3O2/c18-16-12-21(20-17(16)13-6-8-19-9-7-13)14-2-4-15(5-3-14)23-11-1-10-22/h2-9,12,22H,1,10-11H2. The van der Waals surface area contributed by atoms with E-state index in [2.05, 4.69) is 26.0 Å². The highest BCUT2D eigenvalue weighted by Gasteiger charge is 2.10. The Labute approximate surface area is 142 Å². The topological polar surface area (TPSA) is 60.2 Å². The molecular weight excluding hydrogens is 358 g/mol. The number of ether oxygens (including phenoxy) is 1. The summed E-state index contributed by atoms with van der Waals surface area (Å²) in [4.78, 5) is 4.03. The van der Waals surface area contributed by atoms with E-state index in [-0.39, 0.29) is 6.61 Å². The van der Waals surface area contributed by atoms with Gasteiger partial charge in [-0.2, -0.15) is 5.10 Å². The van der Waals surface area contributed by atoms with Crippen molar-refractivity contribution in [3.63, 3.8) is 0 Å². The van der Waals surface area contributed by atoms with Crippen LogP contribution in [0, 0.1) is 0 Å². The molecule has 0 amide bonds. The van der Waals surface area contributed by atoms with Gasteiger partial charge in [0.15, 0.2) is 0 Å². The summed E-state index contributed by atoms with van der Waals surface area (Å²) in [5.41, 5.74) is 2.82. The molecule has 6 heteroatoms. The molecule has 0 unspecified atom stereocenters. The first kappa shape index (κ1) is 15.7. The Morgan fingerprint density at radius 3 is 2.52 bits per heavy atom. The lowest BCUT2D eigenvalue weighted by molar-refractivity contribution is 0.233. The van der Waals surface area contributed by atoms with Gasteiger partial charge in [0.2, 0.25) is 0 Å². The molecule has 1 N–H and O–H groups in total. The maximum Gasteiger partial charge on any atom is 0.119 e. The molecule has 118 valence electrons. The number of benzene rings is 1. The van der Waals surface area contributed by atoms with Crippen LogP contribution in [0.25, 0.3) is 16.9 Å². The van der Waals surface area contributed by atoms with E-state index in [0.29, 0.717) is 13.0 Å². The van der Waals surface area contributed by atoms with Crippen LogP contribution in [0.2, 0.25) is 0 Å². The second kappa shape index (κ2) is 7.39. The largest absolute Gasteiger partial charge is 0.494 e. The van der Waals surface area contributed by atoms with Crippen LogP contribution >= 0.6 is 15.9 Å². The number of pyridine rings is 1. The number of aliphatic hydroxyl groups is 1. The fourth-order valence-corrected chi connectivity index (χ4v) is 2.64. The van der Waals surface area contributed by atoms with Crippen molar-refractivity contribution < 1.29 is 9.84 Å². The van der Waals surface area contributed by atoms with E-state index in [1.165, 1.54) is 0 Å². The summed E-state index contributed by atoms with van der Waals surface area (Å²) in [5.74, 6) is 0.780. The van der Waals surface area contributed by atoms with Gasteiger partial charge in [-0.25, -0.2) is 4.68 Å². The summed E-state index contributed by atoms with van der Waals surface area (Å²) in [6.45, 7) is 0.645. The number of rotatable bonds is 6. The Bertz CT molecular complexity index is 757. The van der Waals surface area contributed by atoms with Crippen LogP contribution in [0.5, 0.6) is 5.75 Å². The minimum absolute atomic E-state index is 0.136. The second-order valence-corrected chi connectivity index (χ2v) is 5.78. The van der Waals surface area contributed by atoms with Gasteiger partial charge in [0.05, 0.1) is 16.8 Å². The molecule has 0 saturated carbocycles. The van der Waals surface area contributed by atoms with E-state index in [4.69, 9.17) is 9.84 Å². The summed E-state index contributed by atoms with van der Waals surface area (Å²) in [5, 5.41) is 13.4. The summed E-state index contributed by atoms with van der Waals surface area (Å²) in [6.07, 6.45) is 6.05. The van der Waals surface area contributed by atoms with E-state index in [0.717, 1.165) is 27.2 Å². The molecule has 5 nitrogen and oxygen atoms in total. The average molecular weight is 374 g/mol. The summed E-state index contributed by atoms with van der Waals surface area (Å²) in [7, 11) is 0. The highest BCUT2D eigenvalue weighted by Crippen LogP contribution is 2.27. The molecule has 0 bridgehead atoms. The lowest BCUT2D eigenvalue weighted by Gasteiger charge is -2.06. The predicted molar refractivity (Wildman–Crippen MR) is 91.7 cm³/mol. The van der Waals surface area contributed by atoms with Gasteiger partial charge >= 0.3 is 0 Å². The van der Waals surface area contributed by atoms with Gasteiger partial charge in [-0.15, -0.1) is 0 Å². The van der Waals surface area contributed by atoms with Gasteiger partial charge < -0.3 is 9.84 Å². The first-order valence-corrected chi connectivity index (χ1v) is 8.07. The molecule has 0 fully saturated rings. The van der Waals surface area contributed by atoms with Crippen LogP contribution in [0.1, 0.15) is 6.42 Å². The smallest absolute Gasteiger partial charge is 0.119 e. The van der Waals surface area contributed by atoms with E-state index in [1.807, 2.05) is 47.3 Å². The first-order chi connectivity index (χ1) is 11.3. The molecule has 0 aliphatic heterocycles. The zero-order chi connectivity index (χ0) is 16.1. The first-order valence-electron chi connectivity index (χ1n) is 7.27. The van der Waals surface area contributed by atoms with Crippen molar-refractivity contribution >= 4 is 15.9 Å². The van der Waals surface area contributed by atoms with Gasteiger partial charge in [-0.3, -0.25) is 4.98 Å². The van der Waals surface area contributed by atoms with Crippen molar-refractivity contribution in [2.45, 2.75) is 6.42 Å². The van der Waals surface area contributed by atoms with Crippen molar-refractivity contribution in [2.75, 3.05) is 13.2 Å². The molecule has 1 aromatic carbocycles. The number of aliphatic hydroxyl groups excluding tert-OH is 1. The van der Waals surface area contributed by atoms with Crippen LogP contribution in [-0.2, 0) is 0 Å². The second-order valence-electron chi connectivity index (χ2n) is 4.93. The number of hydrogen-bond donors (Lipinski definition) is 1. The van der Waals surface area contributed by atoms with Crippen molar-refractivity contribution in [3.05, 3.63) is 59.5 Å². The minimum Gasteiger partial charge on any atom is -0.494 e. The number of halogens is 1. The van der Waals surface area contributed by atoms with Crippen molar-refractivity contribution in [3.8, 4) is 22.7 Å². The van der Waals surface area contributed by atoms with E-state index < -0.39 is 0 Å². The van der Waals surface area contributed by atoms with Crippen molar-refractivity contribution in [2.24, 2.45) is 0 Å². The van der Waals surface area contributed by atoms with Gasteiger partial charge in [0.1, 0.15) is 11.4 Å². The normalized spacial score (nSPS) is 10.7. The molecule has 2 heterocycles. The van der Waals surface area contributed by atoms with E-state index >= 15 is 0 Å². The van der Waals surface area contributed by atoms with Crippen molar-refractivity contribution in [1.29, 1.82) is 0 Å². The van der Waals surface area contributed by atoms with Crippen LogP contribution in [0.4, 0.5) is 0 Å². The lowest BCUT2D eigenvalue weighted by atomic mass is 10.2. The molecular formula is C17H16BrN3O2. The fourth-order valence-electron chi connectivity index (χ4n) is 2.14. The van der Waals surface area contributed by atoms with Crippen LogP contribution in [0.15, 0.2) is 59.5 Å². The van der Waals surface area contributed by atoms with E-state index in [9.17, 15) is 0 Å². The Morgan fingerprint density at radius 2 is 1.83 bits per heavy atom. The highest BCUT2D eigenvalue weighted by molar-refractivity contribution is 9.10. The SMILES string of the molecule is OCCCOc1ccc(-n2cc(Br)c(-c3ccncc3)n2)cc1. The Balaban J connectivity index is 1.80. The number of nitrogens with zero attached hydrogens (tertiary/aromatic N) is 3. The molecule has 0 aliphatic carbocycles. The van der Waals surface area contributed by atoms with Gasteiger partial charge in [-0.05, 0) is 52.3 Å². The Hall–Kier alpha value is -2.18. The third-order valence-corrected chi connectivity index (χ3v) is 3.88. The molecule has 0 saturated heterocycles. The molecule has 0 atom stereocenters. The highest BCUT2D eigenvalue weighted by atomic mass is 79.9. The zero-order valence-corrected chi connectivity index (χ0v) is 14.0. The third kappa shape index (κ3) is 3.78. The molecule has 3 rings (SSSR count). The van der Waals surface area contributed by atoms with Gasteiger partial charge in [0, 0.05) is 37.2 Å². The molecule has 0 aliphatic rings. The number of aromatic nitrogens is 3. The van der Waals surface area contributed by atoms with Gasteiger partial charge in [-0.1, -0.05) is 0 Å². The van der Waals surface area contributed by atoms with E-state index in [1.54, 1.807) is 12.4 Å².